The maximum atomic E-state index is 11.9. The Labute approximate surface area is 88.1 Å². The summed E-state index contributed by atoms with van der Waals surface area (Å²) in [5.74, 6) is 0.461. The average molecular weight is 226 g/mol. The summed E-state index contributed by atoms with van der Waals surface area (Å²) in [4.78, 5) is 0. The summed E-state index contributed by atoms with van der Waals surface area (Å²) in [7, 11) is -3.48. The Morgan fingerprint density at radius 1 is 1.33 bits per heavy atom. The monoisotopic (exact) mass is 226 g/mol. The van der Waals surface area contributed by atoms with Crippen LogP contribution in [0.2, 0.25) is 0 Å². The van der Waals surface area contributed by atoms with Crippen LogP contribution in [0.25, 0.3) is 0 Å². The normalized spacial score (nSPS) is 29.5. The van der Waals surface area contributed by atoms with Gasteiger partial charge in [-0.15, -0.1) is 0 Å². The fourth-order valence-electron chi connectivity index (χ4n) is 1.14. The number of phosphoric acid groups is 1. The van der Waals surface area contributed by atoms with E-state index in [0.717, 1.165) is 0 Å². The number of para-hydroxylation sites is 1. The molecule has 0 N–H and O–H groups in total. The number of benzene rings is 1. The van der Waals surface area contributed by atoms with E-state index in [1.54, 1.807) is 37.3 Å². The third-order valence-electron chi connectivity index (χ3n) is 1.80. The van der Waals surface area contributed by atoms with E-state index in [1.165, 1.54) is 6.26 Å². The quantitative estimate of drug-likeness (QED) is 0.726. The van der Waals surface area contributed by atoms with Gasteiger partial charge in [0.15, 0.2) is 0 Å². The molecule has 2 rings (SSSR count). The van der Waals surface area contributed by atoms with Gasteiger partial charge < -0.3 is 9.05 Å². The molecule has 1 aliphatic rings. The van der Waals surface area contributed by atoms with E-state index in [4.69, 9.17) is 13.6 Å². The second-order valence-electron chi connectivity index (χ2n) is 3.10. The molecule has 1 heterocycles. The van der Waals surface area contributed by atoms with Gasteiger partial charge in [-0.2, -0.15) is 0 Å². The highest BCUT2D eigenvalue weighted by Gasteiger charge is 2.33. The highest BCUT2D eigenvalue weighted by molar-refractivity contribution is 7.49. The summed E-state index contributed by atoms with van der Waals surface area (Å²) < 4.78 is 27.0. The van der Waals surface area contributed by atoms with Crippen molar-refractivity contribution in [3.63, 3.8) is 0 Å². The van der Waals surface area contributed by atoms with E-state index in [0.29, 0.717) is 5.75 Å². The zero-order valence-corrected chi connectivity index (χ0v) is 9.09. The maximum absolute atomic E-state index is 11.9. The first-order chi connectivity index (χ1) is 7.18. The lowest BCUT2D eigenvalue weighted by atomic mass is 10.3. The summed E-state index contributed by atoms with van der Waals surface area (Å²) in [5.41, 5.74) is 0. The summed E-state index contributed by atoms with van der Waals surface area (Å²) in [6.07, 6.45) is 2.73. The van der Waals surface area contributed by atoms with Crippen molar-refractivity contribution in [1.82, 2.24) is 0 Å². The van der Waals surface area contributed by atoms with Crippen molar-refractivity contribution in [3.05, 3.63) is 42.7 Å². The van der Waals surface area contributed by atoms with Crippen LogP contribution in [0.3, 0.4) is 0 Å². The largest absolute Gasteiger partial charge is 0.587 e. The molecule has 5 heteroatoms. The molecule has 0 saturated heterocycles. The molecule has 0 aromatic heterocycles. The lowest BCUT2D eigenvalue weighted by Gasteiger charge is -2.22. The van der Waals surface area contributed by atoms with Crippen molar-refractivity contribution in [2.45, 2.75) is 13.0 Å². The predicted octanol–water partition coefficient (Wildman–Crippen LogP) is 3.12. The molecule has 4 nitrogen and oxygen atoms in total. The van der Waals surface area contributed by atoms with Gasteiger partial charge >= 0.3 is 7.82 Å². The summed E-state index contributed by atoms with van der Waals surface area (Å²) in [6.45, 7) is 1.76. The van der Waals surface area contributed by atoms with Crippen LogP contribution in [0.1, 0.15) is 6.92 Å². The van der Waals surface area contributed by atoms with Crippen molar-refractivity contribution in [1.29, 1.82) is 0 Å². The molecule has 2 atom stereocenters. The van der Waals surface area contributed by atoms with E-state index in [-0.39, 0.29) is 6.10 Å². The zero-order valence-electron chi connectivity index (χ0n) is 8.20. The minimum atomic E-state index is -3.48. The van der Waals surface area contributed by atoms with Crippen molar-refractivity contribution in [2.24, 2.45) is 0 Å². The van der Waals surface area contributed by atoms with Crippen LogP contribution >= 0.6 is 7.82 Å². The van der Waals surface area contributed by atoms with Gasteiger partial charge in [0.1, 0.15) is 5.75 Å². The molecule has 0 amide bonds. The maximum Gasteiger partial charge on any atom is 0.587 e. The number of rotatable bonds is 2. The minimum absolute atomic E-state index is 0.270. The smallest absolute Gasteiger partial charge is 0.403 e. The first-order valence-corrected chi connectivity index (χ1v) is 6.02. The van der Waals surface area contributed by atoms with E-state index < -0.39 is 7.82 Å². The van der Waals surface area contributed by atoms with Crippen LogP contribution in [-0.2, 0) is 13.6 Å². The molecule has 0 fully saturated rings. The lowest BCUT2D eigenvalue weighted by molar-refractivity contribution is 0.151. The fourth-order valence-corrected chi connectivity index (χ4v) is 2.35. The Balaban J connectivity index is 2.12. The van der Waals surface area contributed by atoms with Gasteiger partial charge in [-0.05, 0) is 25.1 Å². The predicted molar refractivity (Wildman–Crippen MR) is 55.4 cm³/mol. The lowest BCUT2D eigenvalue weighted by Crippen LogP contribution is -2.11. The molecular weight excluding hydrogens is 215 g/mol. The van der Waals surface area contributed by atoms with Gasteiger partial charge in [0, 0.05) is 0 Å². The third kappa shape index (κ3) is 2.61. The van der Waals surface area contributed by atoms with Crippen LogP contribution in [0.5, 0.6) is 5.75 Å². The Kier molecular flexibility index (Phi) is 2.80. The Morgan fingerprint density at radius 2 is 2.07 bits per heavy atom. The molecule has 0 bridgehead atoms. The highest BCUT2D eigenvalue weighted by atomic mass is 31.2. The van der Waals surface area contributed by atoms with Crippen molar-refractivity contribution < 1.29 is 18.1 Å². The topological polar surface area (TPSA) is 44.8 Å². The molecule has 80 valence electrons. The Morgan fingerprint density at radius 3 is 2.73 bits per heavy atom. The molecule has 1 aromatic carbocycles. The molecule has 1 aromatic rings. The average Bonchev–Trinajstić information content (AvgIpc) is 2.18. The van der Waals surface area contributed by atoms with Gasteiger partial charge in [-0.25, -0.2) is 4.57 Å². The van der Waals surface area contributed by atoms with Crippen LogP contribution in [0, 0.1) is 0 Å². The molecule has 0 aliphatic carbocycles. The van der Waals surface area contributed by atoms with Gasteiger partial charge in [0.2, 0.25) is 0 Å². The first kappa shape index (κ1) is 10.3. The second kappa shape index (κ2) is 4.09. The fraction of sp³-hybridized carbons (Fsp3) is 0.200. The summed E-state index contributed by atoms with van der Waals surface area (Å²) in [5, 5.41) is 0. The molecule has 2 unspecified atom stereocenters. The molecule has 15 heavy (non-hydrogen) atoms. The van der Waals surface area contributed by atoms with Gasteiger partial charge in [-0.3, -0.25) is 4.52 Å². The van der Waals surface area contributed by atoms with Crippen LogP contribution in [0.4, 0.5) is 0 Å². The van der Waals surface area contributed by atoms with Crippen molar-refractivity contribution in [3.8, 4) is 5.75 Å². The molecule has 0 spiro atoms. The van der Waals surface area contributed by atoms with Gasteiger partial charge in [0.25, 0.3) is 0 Å². The molecular formula is C10H11O4P. The van der Waals surface area contributed by atoms with Crippen LogP contribution in [-0.4, -0.2) is 6.10 Å². The highest BCUT2D eigenvalue weighted by Crippen LogP contribution is 2.52. The van der Waals surface area contributed by atoms with Gasteiger partial charge in [-0.1, -0.05) is 18.2 Å². The van der Waals surface area contributed by atoms with Crippen LogP contribution < -0.4 is 4.52 Å². The summed E-state index contributed by atoms with van der Waals surface area (Å²) in [6, 6.07) is 8.79. The Bertz CT molecular complexity index is 401. The van der Waals surface area contributed by atoms with Crippen LogP contribution in [0.15, 0.2) is 42.7 Å². The standard InChI is InChI=1S/C10H11O4P/c1-9-7-8-12-15(11,13-9)14-10-5-3-2-4-6-10/h2-9H,1H3. The van der Waals surface area contributed by atoms with E-state index in [2.05, 4.69) is 0 Å². The Hall–Kier alpha value is -1.25. The van der Waals surface area contributed by atoms with E-state index >= 15 is 0 Å². The second-order valence-corrected chi connectivity index (χ2v) is 4.59. The van der Waals surface area contributed by atoms with E-state index in [1.807, 2.05) is 6.07 Å². The third-order valence-corrected chi connectivity index (χ3v) is 3.20. The van der Waals surface area contributed by atoms with E-state index in [9.17, 15) is 4.57 Å². The number of hydrogen-bond acceptors (Lipinski definition) is 4. The minimum Gasteiger partial charge on any atom is -0.403 e. The molecule has 0 saturated carbocycles. The molecule has 1 aliphatic heterocycles. The van der Waals surface area contributed by atoms with Gasteiger partial charge in [0.05, 0.1) is 12.4 Å². The SMILES string of the molecule is CC1C=COP(=O)(Oc2ccccc2)O1. The number of phosphoric ester groups is 1. The molecule has 0 radical (unpaired) electrons. The first-order valence-electron chi connectivity index (χ1n) is 4.56. The summed E-state index contributed by atoms with van der Waals surface area (Å²) >= 11 is 0. The number of hydrogen-bond donors (Lipinski definition) is 0. The zero-order chi connectivity index (χ0) is 10.7. The van der Waals surface area contributed by atoms with Crippen molar-refractivity contribution in [2.75, 3.05) is 0 Å². The van der Waals surface area contributed by atoms with Crippen molar-refractivity contribution >= 4 is 7.82 Å².